The third-order valence-electron chi connectivity index (χ3n) is 3.99. The van der Waals surface area contributed by atoms with Crippen molar-refractivity contribution in [2.45, 2.75) is 13.0 Å². The van der Waals surface area contributed by atoms with E-state index in [1.54, 1.807) is 7.11 Å². The van der Waals surface area contributed by atoms with Gasteiger partial charge in [0.25, 0.3) is 0 Å². The lowest BCUT2D eigenvalue weighted by atomic mass is 10.1. The molecule has 3 rings (SSSR count). The van der Waals surface area contributed by atoms with E-state index in [0.29, 0.717) is 19.1 Å². The zero-order valence-electron chi connectivity index (χ0n) is 15.3. The average Bonchev–Trinajstić information content (AvgIpc) is 2.71. The maximum absolute atomic E-state index is 5.95. The molecular formula is C21H23ClN4O. The van der Waals surface area contributed by atoms with Crippen molar-refractivity contribution < 1.29 is 4.74 Å². The number of aromatic nitrogens is 2. The molecule has 3 aromatic rings. The van der Waals surface area contributed by atoms with Crippen molar-refractivity contribution in [3.8, 4) is 11.3 Å². The molecule has 0 aliphatic carbocycles. The van der Waals surface area contributed by atoms with Crippen LogP contribution in [0.1, 0.15) is 12.0 Å². The lowest BCUT2D eigenvalue weighted by molar-refractivity contribution is 0.197. The molecule has 0 spiro atoms. The van der Waals surface area contributed by atoms with Crippen LogP contribution in [0.2, 0.25) is 5.02 Å². The minimum atomic E-state index is 0.603. The highest BCUT2D eigenvalue weighted by atomic mass is 35.5. The second kappa shape index (κ2) is 9.90. The van der Waals surface area contributed by atoms with Crippen molar-refractivity contribution in [2.75, 3.05) is 30.9 Å². The lowest BCUT2D eigenvalue weighted by Crippen LogP contribution is -2.10. The number of ether oxygens (including phenoxy) is 1. The Balaban J connectivity index is 1.77. The molecule has 0 saturated heterocycles. The zero-order chi connectivity index (χ0) is 18.9. The summed E-state index contributed by atoms with van der Waals surface area (Å²) in [4.78, 5) is 9.24. The molecule has 0 saturated carbocycles. The lowest BCUT2D eigenvalue weighted by Gasteiger charge is -2.12. The number of benzene rings is 2. The van der Waals surface area contributed by atoms with Crippen LogP contribution in [0.15, 0.2) is 60.7 Å². The second-order valence-corrected chi connectivity index (χ2v) is 6.52. The molecule has 0 bridgehead atoms. The maximum Gasteiger partial charge on any atom is 0.225 e. The molecule has 0 aliphatic heterocycles. The molecule has 0 fully saturated rings. The summed E-state index contributed by atoms with van der Waals surface area (Å²) in [6.07, 6.45) is 0.892. The van der Waals surface area contributed by atoms with Crippen LogP contribution >= 0.6 is 11.6 Å². The van der Waals surface area contributed by atoms with Crippen LogP contribution in [-0.4, -0.2) is 30.2 Å². The molecule has 1 aromatic heterocycles. The second-order valence-electron chi connectivity index (χ2n) is 6.08. The number of hydrogen-bond acceptors (Lipinski definition) is 5. The topological polar surface area (TPSA) is 59.1 Å². The van der Waals surface area contributed by atoms with Crippen LogP contribution < -0.4 is 10.6 Å². The standard InChI is InChI=1S/C21H23ClN4O/c1-27-13-5-12-23-21-25-19(17-6-3-2-4-7-17)14-20(26-21)24-15-16-8-10-18(22)11-9-16/h2-4,6-11,14H,5,12-13,15H2,1H3,(H2,23,24,25,26). The number of anilines is 2. The smallest absolute Gasteiger partial charge is 0.225 e. The van der Waals surface area contributed by atoms with Gasteiger partial charge in [0.15, 0.2) is 0 Å². The highest BCUT2D eigenvalue weighted by Crippen LogP contribution is 2.22. The van der Waals surface area contributed by atoms with Gasteiger partial charge in [-0.2, -0.15) is 4.98 Å². The van der Waals surface area contributed by atoms with Crippen molar-refractivity contribution in [2.24, 2.45) is 0 Å². The van der Waals surface area contributed by atoms with E-state index in [-0.39, 0.29) is 0 Å². The third kappa shape index (κ3) is 5.94. The Bertz CT molecular complexity index is 841. The van der Waals surface area contributed by atoms with Gasteiger partial charge >= 0.3 is 0 Å². The summed E-state index contributed by atoms with van der Waals surface area (Å²) >= 11 is 5.95. The largest absolute Gasteiger partial charge is 0.385 e. The SMILES string of the molecule is COCCCNc1nc(NCc2ccc(Cl)cc2)cc(-c2ccccc2)n1. The first-order valence-electron chi connectivity index (χ1n) is 8.90. The van der Waals surface area contributed by atoms with Crippen LogP contribution in [0.3, 0.4) is 0 Å². The van der Waals surface area contributed by atoms with Gasteiger partial charge in [0.05, 0.1) is 5.69 Å². The molecule has 140 valence electrons. The Morgan fingerprint density at radius 3 is 2.48 bits per heavy atom. The highest BCUT2D eigenvalue weighted by molar-refractivity contribution is 6.30. The van der Waals surface area contributed by atoms with E-state index in [9.17, 15) is 0 Å². The van der Waals surface area contributed by atoms with E-state index in [1.165, 1.54) is 0 Å². The summed E-state index contributed by atoms with van der Waals surface area (Å²) < 4.78 is 5.09. The van der Waals surface area contributed by atoms with E-state index in [2.05, 4.69) is 20.6 Å². The predicted molar refractivity (Wildman–Crippen MR) is 111 cm³/mol. The van der Waals surface area contributed by atoms with Crippen LogP contribution in [-0.2, 0) is 11.3 Å². The molecule has 2 N–H and O–H groups in total. The van der Waals surface area contributed by atoms with E-state index >= 15 is 0 Å². The Kier molecular flexibility index (Phi) is 7.02. The molecule has 0 aliphatic rings. The van der Waals surface area contributed by atoms with Crippen LogP contribution in [0.4, 0.5) is 11.8 Å². The number of nitrogens with one attached hydrogen (secondary N) is 2. The van der Waals surface area contributed by atoms with Crippen LogP contribution in [0, 0.1) is 0 Å². The summed E-state index contributed by atoms with van der Waals surface area (Å²) in [5.74, 6) is 1.37. The summed E-state index contributed by atoms with van der Waals surface area (Å²) in [7, 11) is 1.70. The van der Waals surface area contributed by atoms with Gasteiger partial charge in [-0.15, -0.1) is 0 Å². The summed E-state index contributed by atoms with van der Waals surface area (Å²) in [5.41, 5.74) is 3.06. The van der Waals surface area contributed by atoms with Gasteiger partial charge < -0.3 is 15.4 Å². The number of methoxy groups -OCH3 is 1. The van der Waals surface area contributed by atoms with Gasteiger partial charge in [-0.05, 0) is 24.1 Å². The molecule has 0 atom stereocenters. The van der Waals surface area contributed by atoms with Gasteiger partial charge in [-0.3, -0.25) is 0 Å². The van der Waals surface area contributed by atoms with Crippen molar-refractivity contribution in [3.63, 3.8) is 0 Å². The first-order chi connectivity index (χ1) is 13.2. The van der Waals surface area contributed by atoms with Gasteiger partial charge in [0, 0.05) is 43.5 Å². The van der Waals surface area contributed by atoms with E-state index < -0.39 is 0 Å². The summed E-state index contributed by atoms with van der Waals surface area (Å²) in [5, 5.41) is 7.38. The monoisotopic (exact) mass is 382 g/mol. The third-order valence-corrected chi connectivity index (χ3v) is 4.24. The Morgan fingerprint density at radius 2 is 1.74 bits per heavy atom. The van der Waals surface area contributed by atoms with Gasteiger partial charge in [-0.25, -0.2) is 4.98 Å². The van der Waals surface area contributed by atoms with Gasteiger partial charge in [-0.1, -0.05) is 54.1 Å². The fourth-order valence-electron chi connectivity index (χ4n) is 2.59. The number of halogens is 1. The zero-order valence-corrected chi connectivity index (χ0v) is 16.0. The maximum atomic E-state index is 5.95. The van der Waals surface area contributed by atoms with Gasteiger partial charge in [0.1, 0.15) is 5.82 Å². The highest BCUT2D eigenvalue weighted by Gasteiger charge is 2.07. The van der Waals surface area contributed by atoms with Crippen molar-refractivity contribution >= 4 is 23.4 Å². The molecule has 6 heteroatoms. The number of rotatable bonds is 9. The Hall–Kier alpha value is -2.63. The van der Waals surface area contributed by atoms with Crippen molar-refractivity contribution in [3.05, 3.63) is 71.2 Å². The predicted octanol–water partition coefficient (Wildman–Crippen LogP) is 4.86. The Morgan fingerprint density at radius 1 is 0.963 bits per heavy atom. The summed E-state index contributed by atoms with van der Waals surface area (Å²) in [6.45, 7) is 2.11. The molecule has 5 nitrogen and oxygen atoms in total. The summed E-state index contributed by atoms with van der Waals surface area (Å²) in [6, 6.07) is 19.8. The average molecular weight is 383 g/mol. The number of hydrogen-bond donors (Lipinski definition) is 2. The molecule has 2 aromatic carbocycles. The molecule has 0 unspecified atom stereocenters. The van der Waals surface area contributed by atoms with Crippen molar-refractivity contribution in [1.29, 1.82) is 0 Å². The fraction of sp³-hybridized carbons (Fsp3) is 0.238. The van der Waals surface area contributed by atoms with E-state index in [4.69, 9.17) is 16.3 Å². The minimum Gasteiger partial charge on any atom is -0.385 e. The molecular weight excluding hydrogens is 360 g/mol. The minimum absolute atomic E-state index is 0.603. The normalized spacial score (nSPS) is 10.6. The molecule has 0 radical (unpaired) electrons. The number of nitrogens with zero attached hydrogens (tertiary/aromatic N) is 2. The first kappa shape index (κ1) is 19.1. The van der Waals surface area contributed by atoms with Crippen molar-refractivity contribution in [1.82, 2.24) is 9.97 Å². The fourth-order valence-corrected chi connectivity index (χ4v) is 2.71. The molecule has 1 heterocycles. The van der Waals surface area contributed by atoms with E-state index in [0.717, 1.165) is 40.6 Å². The molecule has 27 heavy (non-hydrogen) atoms. The first-order valence-corrected chi connectivity index (χ1v) is 9.28. The van der Waals surface area contributed by atoms with Gasteiger partial charge in [0.2, 0.25) is 5.95 Å². The van der Waals surface area contributed by atoms with Crippen LogP contribution in [0.5, 0.6) is 0 Å². The molecule has 0 amide bonds. The Labute approximate surface area is 164 Å². The van der Waals surface area contributed by atoms with Crippen LogP contribution in [0.25, 0.3) is 11.3 Å². The quantitative estimate of drug-likeness (QED) is 0.517. The van der Waals surface area contributed by atoms with E-state index in [1.807, 2.05) is 60.7 Å².